The van der Waals surface area contributed by atoms with Gasteiger partial charge in [-0.3, -0.25) is 0 Å². The predicted octanol–water partition coefficient (Wildman–Crippen LogP) is 0.143. The highest BCUT2D eigenvalue weighted by atomic mass is 16.3. The molecule has 1 rings (SSSR count). The lowest BCUT2D eigenvalue weighted by Crippen LogP contribution is -2.38. The summed E-state index contributed by atoms with van der Waals surface area (Å²) >= 11 is 0. The van der Waals surface area contributed by atoms with Gasteiger partial charge < -0.3 is 10.4 Å². The fraction of sp³-hybridized carbons (Fsp3) is 0.714. The molecule has 52 valence electrons. The molecule has 0 spiro atoms. The number of aliphatic hydroxyl groups is 1. The minimum atomic E-state index is -0.165. The molecule has 0 aromatic heterocycles. The standard InChI is InChI=1S/C7H13NO/c1-2-6-3-7(9)5-8-4-6/h2,6-9H,1,3-5H2/t6-,7+/m1/s1. The fourth-order valence-corrected chi connectivity index (χ4v) is 1.13. The first-order chi connectivity index (χ1) is 4.33. The van der Waals surface area contributed by atoms with Crippen LogP contribution in [0, 0.1) is 5.92 Å². The smallest absolute Gasteiger partial charge is 0.0670 e. The van der Waals surface area contributed by atoms with Crippen LogP contribution in [0.25, 0.3) is 0 Å². The maximum absolute atomic E-state index is 9.10. The summed E-state index contributed by atoms with van der Waals surface area (Å²) in [6.07, 6.45) is 2.60. The summed E-state index contributed by atoms with van der Waals surface area (Å²) in [6.45, 7) is 5.38. The van der Waals surface area contributed by atoms with Gasteiger partial charge in [0, 0.05) is 13.1 Å². The van der Waals surface area contributed by atoms with E-state index < -0.39 is 0 Å². The van der Waals surface area contributed by atoms with Gasteiger partial charge in [-0.15, -0.1) is 6.58 Å². The minimum absolute atomic E-state index is 0.165. The third-order valence-electron chi connectivity index (χ3n) is 1.69. The Morgan fingerprint density at radius 3 is 2.78 bits per heavy atom. The number of hydrogen-bond acceptors (Lipinski definition) is 2. The Balaban J connectivity index is 2.31. The zero-order chi connectivity index (χ0) is 6.69. The highest BCUT2D eigenvalue weighted by molar-refractivity contribution is 4.86. The molecular weight excluding hydrogens is 114 g/mol. The summed E-state index contributed by atoms with van der Waals surface area (Å²) in [6, 6.07) is 0. The van der Waals surface area contributed by atoms with Gasteiger partial charge in [-0.2, -0.15) is 0 Å². The molecule has 0 amide bonds. The van der Waals surface area contributed by atoms with Gasteiger partial charge >= 0.3 is 0 Å². The molecule has 1 heterocycles. The van der Waals surface area contributed by atoms with Crippen LogP contribution < -0.4 is 5.32 Å². The predicted molar refractivity (Wildman–Crippen MR) is 37.2 cm³/mol. The second-order valence-corrected chi connectivity index (χ2v) is 2.54. The Kier molecular flexibility index (Phi) is 2.25. The van der Waals surface area contributed by atoms with Crippen molar-refractivity contribution >= 4 is 0 Å². The van der Waals surface area contributed by atoms with Crippen LogP contribution in [-0.2, 0) is 0 Å². The molecule has 9 heavy (non-hydrogen) atoms. The Labute approximate surface area is 55.6 Å². The normalized spacial score (nSPS) is 36.1. The van der Waals surface area contributed by atoms with E-state index >= 15 is 0 Å². The molecule has 1 aliphatic rings. The number of rotatable bonds is 1. The molecule has 1 fully saturated rings. The summed E-state index contributed by atoms with van der Waals surface area (Å²) in [5.74, 6) is 0.466. The fourth-order valence-electron chi connectivity index (χ4n) is 1.13. The second kappa shape index (κ2) is 2.99. The average molecular weight is 127 g/mol. The van der Waals surface area contributed by atoms with Gasteiger partial charge in [0.1, 0.15) is 0 Å². The lowest BCUT2D eigenvalue weighted by Gasteiger charge is -2.23. The zero-order valence-electron chi connectivity index (χ0n) is 5.51. The third kappa shape index (κ3) is 1.80. The molecular formula is C7H13NO. The van der Waals surface area contributed by atoms with E-state index in [0.717, 1.165) is 19.5 Å². The largest absolute Gasteiger partial charge is 0.392 e. The summed E-state index contributed by atoms with van der Waals surface area (Å²) in [7, 11) is 0. The monoisotopic (exact) mass is 127 g/mol. The van der Waals surface area contributed by atoms with Crippen LogP contribution in [0.5, 0.6) is 0 Å². The molecule has 0 saturated carbocycles. The molecule has 1 saturated heterocycles. The topological polar surface area (TPSA) is 32.3 Å². The van der Waals surface area contributed by atoms with Crippen LogP contribution in [0.3, 0.4) is 0 Å². The molecule has 1 aliphatic heterocycles. The van der Waals surface area contributed by atoms with Gasteiger partial charge in [0.2, 0.25) is 0 Å². The van der Waals surface area contributed by atoms with E-state index in [1.165, 1.54) is 0 Å². The molecule has 0 unspecified atom stereocenters. The lowest BCUT2D eigenvalue weighted by atomic mass is 9.98. The quantitative estimate of drug-likeness (QED) is 0.491. The van der Waals surface area contributed by atoms with E-state index in [4.69, 9.17) is 5.11 Å². The molecule has 2 heteroatoms. The number of aliphatic hydroxyl groups excluding tert-OH is 1. The maximum atomic E-state index is 9.10. The number of β-amino-alcohol motifs (C(OH)–C–C–N with tert-alkyl or cyclic N) is 1. The molecule has 0 aromatic rings. The van der Waals surface area contributed by atoms with Gasteiger partial charge in [-0.05, 0) is 12.3 Å². The van der Waals surface area contributed by atoms with E-state index in [1.54, 1.807) is 0 Å². The first-order valence-corrected chi connectivity index (χ1v) is 3.34. The maximum Gasteiger partial charge on any atom is 0.0670 e. The third-order valence-corrected chi connectivity index (χ3v) is 1.69. The van der Waals surface area contributed by atoms with Gasteiger partial charge in [0.05, 0.1) is 6.10 Å². The molecule has 2 nitrogen and oxygen atoms in total. The number of hydrogen-bond donors (Lipinski definition) is 2. The van der Waals surface area contributed by atoms with E-state index in [1.807, 2.05) is 6.08 Å². The summed E-state index contributed by atoms with van der Waals surface area (Å²) in [5.41, 5.74) is 0. The van der Waals surface area contributed by atoms with Crippen LogP contribution in [0.15, 0.2) is 12.7 Å². The number of piperidine rings is 1. The molecule has 0 aliphatic carbocycles. The summed E-state index contributed by atoms with van der Waals surface area (Å²) in [4.78, 5) is 0. The van der Waals surface area contributed by atoms with Gasteiger partial charge in [0.25, 0.3) is 0 Å². The van der Waals surface area contributed by atoms with Gasteiger partial charge in [-0.25, -0.2) is 0 Å². The Morgan fingerprint density at radius 2 is 2.33 bits per heavy atom. The Hall–Kier alpha value is -0.340. The van der Waals surface area contributed by atoms with Gasteiger partial charge in [0.15, 0.2) is 0 Å². The summed E-state index contributed by atoms with van der Waals surface area (Å²) < 4.78 is 0. The highest BCUT2D eigenvalue weighted by Crippen LogP contribution is 2.10. The van der Waals surface area contributed by atoms with Crippen LogP contribution in [0.2, 0.25) is 0 Å². The van der Waals surface area contributed by atoms with Crippen LogP contribution >= 0.6 is 0 Å². The molecule has 2 N–H and O–H groups in total. The van der Waals surface area contributed by atoms with Crippen molar-refractivity contribution in [2.75, 3.05) is 13.1 Å². The van der Waals surface area contributed by atoms with Crippen molar-refractivity contribution in [1.82, 2.24) is 5.32 Å². The van der Waals surface area contributed by atoms with Crippen LogP contribution in [-0.4, -0.2) is 24.3 Å². The molecule has 2 atom stereocenters. The first-order valence-electron chi connectivity index (χ1n) is 3.34. The van der Waals surface area contributed by atoms with Crippen LogP contribution in [0.1, 0.15) is 6.42 Å². The highest BCUT2D eigenvalue weighted by Gasteiger charge is 2.15. The second-order valence-electron chi connectivity index (χ2n) is 2.54. The van der Waals surface area contributed by atoms with Gasteiger partial charge in [-0.1, -0.05) is 6.08 Å². The summed E-state index contributed by atoms with van der Waals surface area (Å²) in [5, 5.41) is 12.2. The molecule has 0 aromatic carbocycles. The van der Waals surface area contributed by atoms with Crippen molar-refractivity contribution in [3.05, 3.63) is 12.7 Å². The Bertz CT molecular complexity index is 103. The van der Waals surface area contributed by atoms with Crippen LogP contribution in [0.4, 0.5) is 0 Å². The zero-order valence-corrected chi connectivity index (χ0v) is 5.51. The van der Waals surface area contributed by atoms with Crippen molar-refractivity contribution in [3.8, 4) is 0 Å². The first kappa shape index (κ1) is 6.78. The number of nitrogens with one attached hydrogen (secondary N) is 1. The van der Waals surface area contributed by atoms with Crippen molar-refractivity contribution < 1.29 is 5.11 Å². The average Bonchev–Trinajstić information content (AvgIpc) is 1.88. The molecule has 0 bridgehead atoms. The van der Waals surface area contributed by atoms with Crippen molar-refractivity contribution in [3.63, 3.8) is 0 Å². The molecule has 0 radical (unpaired) electrons. The SMILES string of the molecule is C=C[C@H]1CNC[C@@H](O)C1. The Morgan fingerprint density at radius 1 is 1.56 bits per heavy atom. The van der Waals surface area contributed by atoms with E-state index in [0.29, 0.717) is 5.92 Å². The minimum Gasteiger partial charge on any atom is -0.392 e. The van der Waals surface area contributed by atoms with E-state index in [2.05, 4.69) is 11.9 Å². The van der Waals surface area contributed by atoms with Crippen molar-refractivity contribution in [2.45, 2.75) is 12.5 Å². The lowest BCUT2D eigenvalue weighted by molar-refractivity contribution is 0.126. The van der Waals surface area contributed by atoms with E-state index in [-0.39, 0.29) is 6.10 Å². The van der Waals surface area contributed by atoms with E-state index in [9.17, 15) is 0 Å². The van der Waals surface area contributed by atoms with Crippen molar-refractivity contribution in [2.24, 2.45) is 5.92 Å². The van der Waals surface area contributed by atoms with Crippen molar-refractivity contribution in [1.29, 1.82) is 0 Å².